The van der Waals surface area contributed by atoms with Gasteiger partial charge < -0.3 is 0 Å². The van der Waals surface area contributed by atoms with Crippen molar-refractivity contribution >= 4 is 20.4 Å². The van der Waals surface area contributed by atoms with Crippen LogP contribution < -0.4 is 0 Å². The molecule has 0 radical (unpaired) electrons. The number of rotatable bonds is 8. The van der Waals surface area contributed by atoms with Crippen LogP contribution in [0.4, 0.5) is 4.39 Å². The molecule has 0 aromatic heterocycles. The fraction of sp³-hybridized carbons (Fsp3) is 0.750. The topological polar surface area (TPSA) is 0 Å². The van der Waals surface area contributed by atoms with E-state index in [-0.39, 0.29) is 19.6 Å². The van der Waals surface area contributed by atoms with Gasteiger partial charge in [-0.25, -0.2) is 4.39 Å². The first-order valence-corrected chi connectivity index (χ1v) is 14.4. The van der Waals surface area contributed by atoms with E-state index in [9.17, 15) is 4.39 Å². The average Bonchev–Trinajstić information content (AvgIpc) is 2.69. The highest BCUT2D eigenvalue weighted by atomic mass is 35.5. The SMILES string of the molecule is CCC[SiH]1CCC(C2CCC(CCCCc3ccc(Cl)c(F)c3)CC2)CC1. The summed E-state index contributed by atoms with van der Waals surface area (Å²) in [5, 5.41) is 0.233. The minimum absolute atomic E-state index is 0.233. The molecule has 1 saturated carbocycles. The van der Waals surface area contributed by atoms with Crippen LogP contribution in [0.3, 0.4) is 0 Å². The highest BCUT2D eigenvalue weighted by molar-refractivity contribution is 6.58. The molecule has 3 heteroatoms. The van der Waals surface area contributed by atoms with E-state index in [1.807, 2.05) is 6.07 Å². The van der Waals surface area contributed by atoms with Crippen molar-refractivity contribution in [1.29, 1.82) is 0 Å². The van der Waals surface area contributed by atoms with Crippen LogP contribution in [-0.4, -0.2) is 8.80 Å². The lowest BCUT2D eigenvalue weighted by Gasteiger charge is -2.37. The Morgan fingerprint density at radius 2 is 1.70 bits per heavy atom. The van der Waals surface area contributed by atoms with Gasteiger partial charge in [0.15, 0.2) is 0 Å². The van der Waals surface area contributed by atoms with Crippen molar-refractivity contribution in [3.05, 3.63) is 34.6 Å². The molecule has 152 valence electrons. The number of unbranched alkanes of at least 4 members (excludes halogenated alkanes) is 1. The summed E-state index contributed by atoms with van der Waals surface area (Å²) in [6.45, 7) is 2.37. The van der Waals surface area contributed by atoms with Gasteiger partial charge in [0, 0.05) is 8.80 Å². The molecule has 0 bridgehead atoms. The Balaban J connectivity index is 1.29. The lowest BCUT2D eigenvalue weighted by atomic mass is 9.73. The molecule has 0 nitrogen and oxygen atoms in total. The zero-order chi connectivity index (χ0) is 19.1. The van der Waals surface area contributed by atoms with Gasteiger partial charge in [-0.3, -0.25) is 0 Å². The monoisotopic (exact) mass is 408 g/mol. The zero-order valence-corrected chi connectivity index (χ0v) is 19.1. The molecule has 3 rings (SSSR count). The van der Waals surface area contributed by atoms with E-state index >= 15 is 0 Å². The Morgan fingerprint density at radius 1 is 1.00 bits per heavy atom. The minimum Gasteiger partial charge on any atom is -0.205 e. The van der Waals surface area contributed by atoms with Gasteiger partial charge in [0.25, 0.3) is 0 Å². The molecule has 0 atom stereocenters. The highest BCUT2D eigenvalue weighted by Gasteiger charge is 2.30. The third-order valence-corrected chi connectivity index (χ3v) is 11.5. The van der Waals surface area contributed by atoms with Crippen LogP contribution >= 0.6 is 11.6 Å². The third kappa shape index (κ3) is 6.60. The molecule has 1 aliphatic heterocycles. The second kappa shape index (κ2) is 11.0. The summed E-state index contributed by atoms with van der Waals surface area (Å²) in [6, 6.07) is 10.1. The molecule has 1 aromatic carbocycles. The largest absolute Gasteiger partial charge is 0.205 e. The van der Waals surface area contributed by atoms with Crippen LogP contribution in [0.25, 0.3) is 0 Å². The Morgan fingerprint density at radius 3 is 2.37 bits per heavy atom. The molecule has 1 aromatic rings. The Kier molecular flexibility index (Phi) is 8.71. The van der Waals surface area contributed by atoms with E-state index in [1.165, 1.54) is 51.4 Å². The van der Waals surface area contributed by atoms with E-state index in [1.54, 1.807) is 43.1 Å². The van der Waals surface area contributed by atoms with E-state index in [0.717, 1.165) is 29.7 Å². The summed E-state index contributed by atoms with van der Waals surface area (Å²) in [5.74, 6) is 2.80. The van der Waals surface area contributed by atoms with Gasteiger partial charge in [-0.1, -0.05) is 87.7 Å². The van der Waals surface area contributed by atoms with Crippen molar-refractivity contribution < 1.29 is 4.39 Å². The van der Waals surface area contributed by atoms with E-state index < -0.39 is 0 Å². The maximum Gasteiger partial charge on any atom is 0.142 e. The summed E-state index contributed by atoms with van der Waals surface area (Å²) in [7, 11) is -0.314. The number of halogens is 2. The predicted molar refractivity (Wildman–Crippen MR) is 119 cm³/mol. The summed E-state index contributed by atoms with van der Waals surface area (Å²) in [5.41, 5.74) is 1.09. The van der Waals surface area contributed by atoms with Gasteiger partial charge in [0.2, 0.25) is 0 Å². The van der Waals surface area contributed by atoms with Gasteiger partial charge in [-0.15, -0.1) is 0 Å². The van der Waals surface area contributed by atoms with Crippen molar-refractivity contribution in [2.45, 2.75) is 95.7 Å². The summed E-state index contributed by atoms with van der Waals surface area (Å²) >= 11 is 5.76. The van der Waals surface area contributed by atoms with Crippen molar-refractivity contribution in [1.82, 2.24) is 0 Å². The smallest absolute Gasteiger partial charge is 0.142 e. The first-order valence-electron chi connectivity index (χ1n) is 11.6. The van der Waals surface area contributed by atoms with Crippen LogP contribution in [0.5, 0.6) is 0 Å². The quantitative estimate of drug-likeness (QED) is 0.301. The highest BCUT2D eigenvalue weighted by Crippen LogP contribution is 2.42. The molecule has 27 heavy (non-hydrogen) atoms. The van der Waals surface area contributed by atoms with Gasteiger partial charge in [-0.05, 0) is 61.1 Å². The van der Waals surface area contributed by atoms with Gasteiger partial charge in [0.05, 0.1) is 5.02 Å². The molecule has 1 saturated heterocycles. The standard InChI is InChI=1S/C24H38ClFSi/c1-2-15-27-16-13-22(14-17-27)21-10-7-19(8-11-21)5-3-4-6-20-9-12-23(25)24(26)18-20/h9,12,18-19,21-22,27H,2-8,10-11,13-17H2,1H3. The molecule has 0 spiro atoms. The average molecular weight is 409 g/mol. The minimum atomic E-state index is -0.314. The second-order valence-corrected chi connectivity index (χ2v) is 13.2. The molecular weight excluding hydrogens is 371 g/mol. The number of hydrogen-bond acceptors (Lipinski definition) is 0. The van der Waals surface area contributed by atoms with Crippen molar-refractivity contribution in [2.24, 2.45) is 17.8 Å². The molecule has 0 N–H and O–H groups in total. The Hall–Kier alpha value is -0.343. The third-order valence-electron chi connectivity index (χ3n) is 7.46. The van der Waals surface area contributed by atoms with Crippen LogP contribution in [0.15, 0.2) is 18.2 Å². The zero-order valence-electron chi connectivity index (χ0n) is 17.2. The van der Waals surface area contributed by atoms with E-state index in [0.29, 0.717) is 0 Å². The summed E-state index contributed by atoms with van der Waals surface area (Å²) < 4.78 is 13.5. The Bertz CT molecular complexity index is 559. The van der Waals surface area contributed by atoms with Crippen molar-refractivity contribution in [3.63, 3.8) is 0 Å². The van der Waals surface area contributed by atoms with Crippen LogP contribution in [0.1, 0.15) is 76.7 Å². The first-order chi connectivity index (χ1) is 13.2. The Labute approximate surface area is 172 Å². The van der Waals surface area contributed by atoms with Crippen LogP contribution in [-0.2, 0) is 6.42 Å². The van der Waals surface area contributed by atoms with E-state index in [2.05, 4.69) is 6.92 Å². The van der Waals surface area contributed by atoms with E-state index in [4.69, 9.17) is 11.6 Å². The first kappa shape index (κ1) is 21.4. The maximum absolute atomic E-state index is 13.5. The molecule has 1 aliphatic carbocycles. The van der Waals surface area contributed by atoms with Crippen molar-refractivity contribution in [3.8, 4) is 0 Å². The normalized spacial score (nSPS) is 29.0. The molecule has 0 amide bonds. The van der Waals surface area contributed by atoms with Crippen LogP contribution in [0.2, 0.25) is 23.2 Å². The fourth-order valence-electron chi connectivity index (χ4n) is 5.76. The van der Waals surface area contributed by atoms with Gasteiger partial charge >= 0.3 is 0 Å². The molecule has 2 aliphatic rings. The molecule has 0 unspecified atom stereocenters. The predicted octanol–water partition coefficient (Wildman–Crippen LogP) is 8.05. The van der Waals surface area contributed by atoms with Gasteiger partial charge in [-0.2, -0.15) is 0 Å². The summed E-state index contributed by atoms with van der Waals surface area (Å²) in [4.78, 5) is 0. The summed E-state index contributed by atoms with van der Waals surface area (Å²) in [6.07, 6.45) is 15.3. The second-order valence-electron chi connectivity index (χ2n) is 9.34. The van der Waals surface area contributed by atoms with Crippen molar-refractivity contribution in [2.75, 3.05) is 0 Å². The number of benzene rings is 1. The number of aryl methyl sites for hydroxylation is 1. The van der Waals surface area contributed by atoms with Crippen LogP contribution in [0, 0.1) is 23.6 Å². The molecule has 1 heterocycles. The number of hydrogen-bond donors (Lipinski definition) is 0. The maximum atomic E-state index is 13.5. The lowest BCUT2D eigenvalue weighted by Crippen LogP contribution is -2.28. The fourth-order valence-corrected chi connectivity index (χ4v) is 9.36. The molecular formula is C24H38ClFSi. The van der Waals surface area contributed by atoms with Gasteiger partial charge in [0.1, 0.15) is 5.82 Å². The lowest BCUT2D eigenvalue weighted by molar-refractivity contribution is 0.184. The molecule has 2 fully saturated rings.